The molecule has 1 N–H and O–H groups in total. The van der Waals surface area contributed by atoms with Crippen LogP contribution in [0, 0.1) is 0 Å². The lowest BCUT2D eigenvalue weighted by Gasteiger charge is -1.90. The molecule has 0 aliphatic rings. The molecule has 4 nitrogen and oxygen atoms in total. The van der Waals surface area contributed by atoms with Crippen molar-refractivity contribution in [3.8, 4) is 0 Å². The lowest BCUT2D eigenvalue weighted by molar-refractivity contribution is 0.545. The fourth-order valence-corrected chi connectivity index (χ4v) is 1.10. The molecule has 0 bridgehead atoms. The molecule has 5 heteroatoms. The highest BCUT2D eigenvalue weighted by molar-refractivity contribution is 6.16. The number of aromatic nitrogens is 2. The van der Waals surface area contributed by atoms with Gasteiger partial charge in [-0.3, -0.25) is 4.98 Å². The van der Waals surface area contributed by atoms with Gasteiger partial charge in [-0.2, -0.15) is 0 Å². The molecular formula is C7H5ClN2O2. The summed E-state index contributed by atoms with van der Waals surface area (Å²) in [6.07, 6.45) is 0. The van der Waals surface area contributed by atoms with Crippen LogP contribution in [-0.2, 0) is 5.88 Å². The first-order valence-corrected chi connectivity index (χ1v) is 3.88. The van der Waals surface area contributed by atoms with Gasteiger partial charge in [-0.1, -0.05) is 0 Å². The monoisotopic (exact) mass is 184 g/mol. The molecule has 0 radical (unpaired) electrons. The van der Waals surface area contributed by atoms with Crippen molar-refractivity contribution in [2.24, 2.45) is 0 Å². The van der Waals surface area contributed by atoms with Crippen LogP contribution in [0.5, 0.6) is 0 Å². The molecule has 0 amide bonds. The Labute approximate surface area is 72.2 Å². The molecule has 2 aromatic heterocycles. The van der Waals surface area contributed by atoms with Gasteiger partial charge in [-0.25, -0.2) is 9.78 Å². The Morgan fingerprint density at radius 3 is 3.17 bits per heavy atom. The van der Waals surface area contributed by atoms with E-state index in [4.69, 9.17) is 16.0 Å². The summed E-state index contributed by atoms with van der Waals surface area (Å²) in [5.74, 6) is -0.186. The molecule has 0 spiro atoms. The average Bonchev–Trinajstić information content (AvgIpc) is 2.43. The molecule has 2 rings (SSSR count). The Balaban J connectivity index is 2.74. The van der Waals surface area contributed by atoms with Crippen LogP contribution in [0.3, 0.4) is 0 Å². The SMILES string of the molecule is O=c1[nH]c2ccc(CCl)nc2o1. The highest BCUT2D eigenvalue weighted by atomic mass is 35.5. The fourth-order valence-electron chi connectivity index (χ4n) is 0.949. The Hall–Kier alpha value is -1.29. The van der Waals surface area contributed by atoms with E-state index in [1.807, 2.05) is 0 Å². The predicted molar refractivity (Wildman–Crippen MR) is 44.2 cm³/mol. The van der Waals surface area contributed by atoms with E-state index >= 15 is 0 Å². The molecule has 0 saturated carbocycles. The van der Waals surface area contributed by atoms with Crippen LogP contribution in [0.15, 0.2) is 21.3 Å². The van der Waals surface area contributed by atoms with Crippen molar-refractivity contribution in [1.29, 1.82) is 0 Å². The third-order valence-corrected chi connectivity index (χ3v) is 1.75. The van der Waals surface area contributed by atoms with Gasteiger partial charge >= 0.3 is 5.76 Å². The number of nitrogens with one attached hydrogen (secondary N) is 1. The van der Waals surface area contributed by atoms with E-state index in [1.54, 1.807) is 12.1 Å². The van der Waals surface area contributed by atoms with Gasteiger partial charge in [-0.15, -0.1) is 11.6 Å². The lowest BCUT2D eigenvalue weighted by atomic mass is 10.4. The predicted octanol–water partition coefficient (Wildman–Crippen LogP) is 1.25. The van der Waals surface area contributed by atoms with Gasteiger partial charge in [-0.05, 0) is 12.1 Å². The lowest BCUT2D eigenvalue weighted by Crippen LogP contribution is -1.92. The minimum atomic E-state index is -0.496. The van der Waals surface area contributed by atoms with Crippen molar-refractivity contribution in [3.63, 3.8) is 0 Å². The second-order valence-electron chi connectivity index (χ2n) is 2.30. The molecule has 0 aliphatic heterocycles. The minimum absolute atomic E-state index is 0.304. The van der Waals surface area contributed by atoms with Crippen LogP contribution in [-0.4, -0.2) is 9.97 Å². The summed E-state index contributed by atoms with van der Waals surface area (Å²) >= 11 is 5.54. The quantitative estimate of drug-likeness (QED) is 0.679. The number of hydrogen-bond acceptors (Lipinski definition) is 3. The smallest absolute Gasteiger partial charge is 0.389 e. The molecule has 0 saturated heterocycles. The van der Waals surface area contributed by atoms with E-state index in [9.17, 15) is 4.79 Å². The van der Waals surface area contributed by atoms with Crippen LogP contribution in [0.4, 0.5) is 0 Å². The Morgan fingerprint density at radius 1 is 1.58 bits per heavy atom. The second-order valence-corrected chi connectivity index (χ2v) is 2.57. The van der Waals surface area contributed by atoms with Crippen LogP contribution in [0.1, 0.15) is 5.69 Å². The Bertz CT molecular complexity index is 460. The zero-order valence-electron chi connectivity index (χ0n) is 6.00. The van der Waals surface area contributed by atoms with E-state index in [-0.39, 0.29) is 0 Å². The van der Waals surface area contributed by atoms with Crippen molar-refractivity contribution in [1.82, 2.24) is 9.97 Å². The number of pyridine rings is 1. The van der Waals surface area contributed by atoms with Gasteiger partial charge in [0.05, 0.1) is 11.6 Å². The maximum Gasteiger partial charge on any atom is 0.418 e. The zero-order chi connectivity index (χ0) is 8.55. The highest BCUT2D eigenvalue weighted by Gasteiger charge is 2.01. The van der Waals surface area contributed by atoms with Crippen LogP contribution < -0.4 is 5.76 Å². The number of H-pyrrole nitrogens is 1. The van der Waals surface area contributed by atoms with Gasteiger partial charge < -0.3 is 4.42 Å². The van der Waals surface area contributed by atoms with Gasteiger partial charge in [0.1, 0.15) is 5.52 Å². The molecule has 0 atom stereocenters. The molecule has 0 fully saturated rings. The normalized spacial score (nSPS) is 10.8. The van der Waals surface area contributed by atoms with Crippen LogP contribution in [0.25, 0.3) is 11.2 Å². The highest BCUT2D eigenvalue weighted by Crippen LogP contribution is 2.08. The summed E-state index contributed by atoms with van der Waals surface area (Å²) in [6, 6.07) is 3.45. The number of alkyl halides is 1. The van der Waals surface area contributed by atoms with Crippen molar-refractivity contribution in [2.75, 3.05) is 0 Å². The molecule has 2 heterocycles. The average molecular weight is 185 g/mol. The summed E-state index contributed by atoms with van der Waals surface area (Å²) in [6.45, 7) is 0. The van der Waals surface area contributed by atoms with Gasteiger partial charge in [0.15, 0.2) is 0 Å². The number of nitrogens with zero attached hydrogens (tertiary/aromatic N) is 1. The van der Waals surface area contributed by atoms with Crippen molar-refractivity contribution in [2.45, 2.75) is 5.88 Å². The molecule has 0 unspecified atom stereocenters. The van der Waals surface area contributed by atoms with Gasteiger partial charge in [0, 0.05) is 0 Å². The maximum atomic E-state index is 10.7. The third kappa shape index (κ3) is 1.10. The van der Waals surface area contributed by atoms with E-state index < -0.39 is 5.76 Å². The summed E-state index contributed by atoms with van der Waals surface area (Å²) in [5, 5.41) is 0. The number of rotatable bonds is 1. The molecule has 2 aromatic rings. The molecule has 0 aliphatic carbocycles. The van der Waals surface area contributed by atoms with Gasteiger partial charge in [0.25, 0.3) is 0 Å². The van der Waals surface area contributed by atoms with E-state index in [0.717, 1.165) is 0 Å². The molecular weight excluding hydrogens is 180 g/mol. The number of aromatic amines is 1. The number of hydrogen-bond donors (Lipinski definition) is 1. The van der Waals surface area contributed by atoms with Crippen molar-refractivity contribution in [3.05, 3.63) is 28.4 Å². The maximum absolute atomic E-state index is 10.7. The topological polar surface area (TPSA) is 58.9 Å². The zero-order valence-corrected chi connectivity index (χ0v) is 6.76. The van der Waals surface area contributed by atoms with E-state index in [2.05, 4.69) is 9.97 Å². The number of halogens is 1. The molecule has 12 heavy (non-hydrogen) atoms. The van der Waals surface area contributed by atoms with Crippen LogP contribution in [0.2, 0.25) is 0 Å². The number of oxazole rings is 1. The summed E-state index contributed by atoms with van der Waals surface area (Å²) in [5.41, 5.74) is 1.58. The van der Waals surface area contributed by atoms with Crippen molar-refractivity contribution < 1.29 is 4.42 Å². The third-order valence-electron chi connectivity index (χ3n) is 1.48. The Kier molecular flexibility index (Phi) is 1.62. The standard InChI is InChI=1S/C7H5ClN2O2/c8-3-4-1-2-5-6(9-4)12-7(11)10-5/h1-2H,3H2,(H,10,11). The molecule has 0 aromatic carbocycles. The summed E-state index contributed by atoms with van der Waals surface area (Å²) < 4.78 is 4.73. The number of fused-ring (bicyclic) bond motifs is 1. The van der Waals surface area contributed by atoms with Crippen LogP contribution >= 0.6 is 11.6 Å². The molecule has 62 valence electrons. The first-order chi connectivity index (χ1) is 5.79. The second kappa shape index (κ2) is 2.64. The van der Waals surface area contributed by atoms with E-state index in [0.29, 0.717) is 22.8 Å². The van der Waals surface area contributed by atoms with Crippen molar-refractivity contribution >= 4 is 22.8 Å². The van der Waals surface area contributed by atoms with Gasteiger partial charge in [0.2, 0.25) is 5.71 Å². The summed E-state index contributed by atoms with van der Waals surface area (Å²) in [7, 11) is 0. The first-order valence-electron chi connectivity index (χ1n) is 3.34. The summed E-state index contributed by atoms with van der Waals surface area (Å²) in [4.78, 5) is 17.2. The minimum Gasteiger partial charge on any atom is -0.389 e. The Morgan fingerprint density at radius 2 is 2.42 bits per heavy atom. The first kappa shape index (κ1) is 7.36. The van der Waals surface area contributed by atoms with E-state index in [1.165, 1.54) is 0 Å². The fraction of sp³-hybridized carbons (Fsp3) is 0.143. The largest absolute Gasteiger partial charge is 0.418 e.